The first kappa shape index (κ1) is 15.0. The van der Waals surface area contributed by atoms with Crippen molar-refractivity contribution < 1.29 is 17.7 Å². The average Bonchev–Trinajstić information content (AvgIpc) is 2.80. The van der Waals surface area contributed by atoms with E-state index in [-0.39, 0.29) is 5.92 Å². The molecule has 2 heterocycles. The van der Waals surface area contributed by atoms with Crippen molar-refractivity contribution in [2.24, 2.45) is 0 Å². The van der Waals surface area contributed by atoms with E-state index >= 15 is 0 Å². The fourth-order valence-electron chi connectivity index (χ4n) is 2.62. The number of rotatable bonds is 4. The Morgan fingerprint density at radius 3 is 2.77 bits per heavy atom. The van der Waals surface area contributed by atoms with Crippen LogP contribution in [0.2, 0.25) is 0 Å². The topological polar surface area (TPSA) is 42.2 Å². The van der Waals surface area contributed by atoms with E-state index < -0.39 is 12.7 Å². The van der Waals surface area contributed by atoms with E-state index in [0.29, 0.717) is 31.2 Å². The number of aromatic nitrogens is 2. The summed E-state index contributed by atoms with van der Waals surface area (Å²) in [5, 5.41) is 3.92. The van der Waals surface area contributed by atoms with Gasteiger partial charge in [-0.05, 0) is 12.5 Å². The summed E-state index contributed by atoms with van der Waals surface area (Å²) in [4.78, 5) is 5.63. The van der Waals surface area contributed by atoms with Crippen molar-refractivity contribution >= 4 is 0 Å². The number of halogens is 3. The Bertz CT molecular complexity index is 647. The minimum Gasteiger partial charge on any atom is -0.339 e. The standard InChI is InChI=1S/C15H16F3N3O/c1-10-3-2-4-11(5-10)6-13-19-14(22-20-13)12-7-21(8-12)9-15(16,17)18/h2-5,12H,6-9H2,1H3. The Hall–Kier alpha value is -1.89. The predicted molar refractivity (Wildman–Crippen MR) is 73.5 cm³/mol. The molecule has 118 valence electrons. The Morgan fingerprint density at radius 2 is 2.09 bits per heavy atom. The Labute approximate surface area is 125 Å². The molecule has 1 saturated heterocycles. The zero-order chi connectivity index (χ0) is 15.7. The average molecular weight is 311 g/mol. The van der Waals surface area contributed by atoms with Crippen LogP contribution in [0.25, 0.3) is 0 Å². The van der Waals surface area contributed by atoms with Gasteiger partial charge in [0, 0.05) is 19.5 Å². The van der Waals surface area contributed by atoms with Crippen LogP contribution in [-0.4, -0.2) is 40.9 Å². The summed E-state index contributed by atoms with van der Waals surface area (Å²) in [6.07, 6.45) is -3.60. The minimum atomic E-state index is -4.16. The maximum atomic E-state index is 12.2. The molecule has 1 aliphatic heterocycles. The van der Waals surface area contributed by atoms with Gasteiger partial charge in [-0.3, -0.25) is 4.90 Å². The lowest BCUT2D eigenvalue weighted by Crippen LogP contribution is -2.49. The van der Waals surface area contributed by atoms with Gasteiger partial charge in [0.1, 0.15) is 0 Å². The zero-order valence-electron chi connectivity index (χ0n) is 12.1. The highest BCUT2D eigenvalue weighted by molar-refractivity contribution is 5.24. The molecule has 4 nitrogen and oxygen atoms in total. The summed E-state index contributed by atoms with van der Waals surface area (Å²) in [5.74, 6) is 0.900. The molecule has 2 aromatic rings. The Kier molecular flexibility index (Phi) is 3.90. The van der Waals surface area contributed by atoms with Crippen LogP contribution in [-0.2, 0) is 6.42 Å². The van der Waals surface area contributed by atoms with E-state index in [1.54, 1.807) is 0 Å². The maximum absolute atomic E-state index is 12.2. The van der Waals surface area contributed by atoms with Crippen molar-refractivity contribution in [3.63, 3.8) is 0 Å². The summed E-state index contributed by atoms with van der Waals surface area (Å²) in [7, 11) is 0. The molecule has 1 fully saturated rings. The van der Waals surface area contributed by atoms with Crippen molar-refractivity contribution in [2.45, 2.75) is 25.4 Å². The number of nitrogens with zero attached hydrogens (tertiary/aromatic N) is 3. The van der Waals surface area contributed by atoms with Gasteiger partial charge in [0.05, 0.1) is 12.5 Å². The van der Waals surface area contributed by atoms with E-state index in [2.05, 4.69) is 10.1 Å². The van der Waals surface area contributed by atoms with Gasteiger partial charge >= 0.3 is 6.18 Å². The van der Waals surface area contributed by atoms with Crippen LogP contribution >= 0.6 is 0 Å². The quantitative estimate of drug-likeness (QED) is 0.870. The van der Waals surface area contributed by atoms with Gasteiger partial charge in [0.2, 0.25) is 5.89 Å². The number of hydrogen-bond acceptors (Lipinski definition) is 4. The van der Waals surface area contributed by atoms with Crippen LogP contribution in [0.1, 0.15) is 28.8 Å². The molecule has 7 heteroatoms. The van der Waals surface area contributed by atoms with Crippen LogP contribution in [0.15, 0.2) is 28.8 Å². The molecule has 0 spiro atoms. The van der Waals surface area contributed by atoms with Crippen molar-refractivity contribution in [2.75, 3.05) is 19.6 Å². The molecule has 0 aliphatic carbocycles. The molecular weight excluding hydrogens is 295 g/mol. The third-order valence-corrected chi connectivity index (χ3v) is 3.64. The molecule has 0 bridgehead atoms. The summed E-state index contributed by atoms with van der Waals surface area (Å²) in [6.45, 7) is 1.75. The predicted octanol–water partition coefficient (Wildman–Crippen LogP) is 2.93. The highest BCUT2D eigenvalue weighted by Gasteiger charge is 2.39. The van der Waals surface area contributed by atoms with E-state index in [9.17, 15) is 13.2 Å². The van der Waals surface area contributed by atoms with Gasteiger partial charge in [0.15, 0.2) is 5.82 Å². The summed E-state index contributed by atoms with van der Waals surface area (Å²) >= 11 is 0. The van der Waals surface area contributed by atoms with Gasteiger partial charge in [-0.25, -0.2) is 0 Å². The fourth-order valence-corrected chi connectivity index (χ4v) is 2.62. The first-order chi connectivity index (χ1) is 10.4. The van der Waals surface area contributed by atoms with Gasteiger partial charge in [0.25, 0.3) is 0 Å². The third-order valence-electron chi connectivity index (χ3n) is 3.64. The van der Waals surface area contributed by atoms with Crippen molar-refractivity contribution in [1.82, 2.24) is 15.0 Å². The van der Waals surface area contributed by atoms with Crippen molar-refractivity contribution in [3.05, 3.63) is 47.1 Å². The zero-order valence-corrected chi connectivity index (χ0v) is 12.1. The first-order valence-electron chi connectivity index (χ1n) is 7.06. The smallest absolute Gasteiger partial charge is 0.339 e. The van der Waals surface area contributed by atoms with Gasteiger partial charge in [-0.1, -0.05) is 35.0 Å². The molecule has 0 saturated carbocycles. The maximum Gasteiger partial charge on any atom is 0.401 e. The third kappa shape index (κ3) is 3.65. The second kappa shape index (κ2) is 5.72. The van der Waals surface area contributed by atoms with Crippen LogP contribution < -0.4 is 0 Å². The first-order valence-corrected chi connectivity index (χ1v) is 7.06. The molecular formula is C15H16F3N3O. The van der Waals surface area contributed by atoms with Crippen molar-refractivity contribution in [1.29, 1.82) is 0 Å². The van der Waals surface area contributed by atoms with E-state index in [4.69, 9.17) is 4.52 Å². The van der Waals surface area contributed by atoms with E-state index in [0.717, 1.165) is 11.1 Å². The van der Waals surface area contributed by atoms with Crippen molar-refractivity contribution in [3.8, 4) is 0 Å². The lowest BCUT2D eigenvalue weighted by molar-refractivity contribution is -0.155. The number of hydrogen-bond donors (Lipinski definition) is 0. The summed E-state index contributed by atoms with van der Waals surface area (Å²) in [6, 6.07) is 8.00. The highest BCUT2D eigenvalue weighted by Crippen LogP contribution is 2.29. The van der Waals surface area contributed by atoms with Gasteiger partial charge < -0.3 is 4.52 Å². The second-order valence-electron chi connectivity index (χ2n) is 5.72. The van der Waals surface area contributed by atoms with Crippen LogP contribution in [0.3, 0.4) is 0 Å². The van der Waals surface area contributed by atoms with Gasteiger partial charge in [-0.2, -0.15) is 18.2 Å². The SMILES string of the molecule is Cc1cccc(Cc2noc(C3CN(CC(F)(F)F)C3)n2)c1. The molecule has 1 aromatic carbocycles. The summed E-state index contributed by atoms with van der Waals surface area (Å²) < 4.78 is 41.9. The number of alkyl halides is 3. The Morgan fingerprint density at radius 1 is 1.32 bits per heavy atom. The van der Waals surface area contributed by atoms with E-state index in [1.807, 2.05) is 31.2 Å². The molecule has 1 aliphatic rings. The Balaban J connectivity index is 1.57. The molecule has 3 rings (SSSR count). The lowest BCUT2D eigenvalue weighted by Gasteiger charge is -2.37. The van der Waals surface area contributed by atoms with Crippen LogP contribution in [0.4, 0.5) is 13.2 Å². The lowest BCUT2D eigenvalue weighted by atomic mass is 10.0. The van der Waals surface area contributed by atoms with Gasteiger partial charge in [-0.15, -0.1) is 0 Å². The van der Waals surface area contributed by atoms with Crippen LogP contribution in [0, 0.1) is 6.92 Å². The monoisotopic (exact) mass is 311 g/mol. The molecule has 1 aromatic heterocycles. The second-order valence-corrected chi connectivity index (χ2v) is 5.72. The number of aryl methyl sites for hydroxylation is 1. The molecule has 0 N–H and O–H groups in total. The number of benzene rings is 1. The summed E-state index contributed by atoms with van der Waals surface area (Å²) in [5.41, 5.74) is 2.24. The highest BCUT2D eigenvalue weighted by atomic mass is 19.4. The molecule has 0 atom stereocenters. The largest absolute Gasteiger partial charge is 0.401 e. The normalized spacial score (nSPS) is 16.7. The minimum absolute atomic E-state index is 0.0962. The van der Waals surface area contributed by atoms with Crippen LogP contribution in [0.5, 0.6) is 0 Å². The fraction of sp³-hybridized carbons (Fsp3) is 0.467. The molecule has 0 amide bonds. The molecule has 22 heavy (non-hydrogen) atoms. The number of likely N-dealkylation sites (tertiary alicyclic amines) is 1. The molecule has 0 unspecified atom stereocenters. The molecule has 0 radical (unpaired) electrons. The van der Waals surface area contributed by atoms with E-state index in [1.165, 1.54) is 4.90 Å².